The van der Waals surface area contributed by atoms with Crippen LogP contribution in [0, 0.1) is 6.92 Å². The van der Waals surface area contributed by atoms with Crippen molar-refractivity contribution in [3.05, 3.63) is 86.5 Å². The van der Waals surface area contributed by atoms with E-state index < -0.39 is 11.1 Å². The van der Waals surface area contributed by atoms with Gasteiger partial charge in [0.25, 0.3) is 0 Å². The van der Waals surface area contributed by atoms with Crippen molar-refractivity contribution in [1.29, 1.82) is 0 Å². The van der Waals surface area contributed by atoms with E-state index >= 15 is 0 Å². The van der Waals surface area contributed by atoms with Crippen molar-refractivity contribution >= 4 is 0 Å². The first-order valence-corrected chi connectivity index (χ1v) is 10.1. The van der Waals surface area contributed by atoms with E-state index in [0.29, 0.717) is 23.9 Å². The highest BCUT2D eigenvalue weighted by Gasteiger charge is 2.14. The first kappa shape index (κ1) is 19.2. The van der Waals surface area contributed by atoms with Crippen LogP contribution in [0.2, 0.25) is 0 Å². The second-order valence-electron chi connectivity index (χ2n) is 7.48. The lowest BCUT2D eigenvalue weighted by Crippen LogP contribution is -2.40. The fraction of sp³-hybridized carbons (Fsp3) is 0.348. The highest BCUT2D eigenvalue weighted by atomic mass is 16.4. The van der Waals surface area contributed by atoms with E-state index in [-0.39, 0.29) is 6.54 Å². The molecule has 0 saturated carbocycles. The average molecular weight is 391 g/mol. The van der Waals surface area contributed by atoms with Gasteiger partial charge in [-0.1, -0.05) is 29.8 Å². The van der Waals surface area contributed by atoms with Crippen LogP contribution in [0.25, 0.3) is 11.5 Å². The maximum atomic E-state index is 12.6. The van der Waals surface area contributed by atoms with Crippen molar-refractivity contribution < 1.29 is 4.42 Å². The number of hydrogen-bond donors (Lipinski definition) is 0. The Morgan fingerprint density at radius 3 is 2.55 bits per heavy atom. The molecule has 1 aromatic carbocycles. The Bertz CT molecular complexity index is 1140. The molecule has 0 spiro atoms. The highest BCUT2D eigenvalue weighted by molar-refractivity contribution is 5.53. The SMILES string of the molecule is Cc1oc(-c2ccccc2)nc1Cn1ccn(CCC2=CCCCC2)c(=O)c1=O. The lowest BCUT2D eigenvalue weighted by atomic mass is 9.97. The maximum Gasteiger partial charge on any atom is 0.316 e. The maximum absolute atomic E-state index is 12.6. The summed E-state index contributed by atoms with van der Waals surface area (Å²) in [4.78, 5) is 29.6. The van der Waals surface area contributed by atoms with Gasteiger partial charge in [0, 0.05) is 24.5 Å². The molecule has 0 aliphatic heterocycles. The summed E-state index contributed by atoms with van der Waals surface area (Å²) in [6.45, 7) is 2.57. The number of benzene rings is 1. The van der Waals surface area contributed by atoms with Gasteiger partial charge in [-0.05, 0) is 51.2 Å². The Kier molecular flexibility index (Phi) is 5.60. The third kappa shape index (κ3) is 4.31. The van der Waals surface area contributed by atoms with Gasteiger partial charge in [0.1, 0.15) is 11.5 Å². The van der Waals surface area contributed by atoms with Crippen molar-refractivity contribution in [3.8, 4) is 11.5 Å². The van der Waals surface area contributed by atoms with Crippen molar-refractivity contribution in [1.82, 2.24) is 14.1 Å². The largest absolute Gasteiger partial charge is 0.441 e. The minimum atomic E-state index is -0.534. The predicted molar refractivity (Wildman–Crippen MR) is 112 cm³/mol. The zero-order chi connectivity index (χ0) is 20.2. The number of aryl methyl sites for hydroxylation is 2. The summed E-state index contributed by atoms with van der Waals surface area (Å²) >= 11 is 0. The molecule has 0 atom stereocenters. The number of oxazole rings is 1. The average Bonchev–Trinajstić information content (AvgIpc) is 3.12. The van der Waals surface area contributed by atoms with E-state index in [1.165, 1.54) is 27.5 Å². The minimum Gasteiger partial charge on any atom is -0.441 e. The van der Waals surface area contributed by atoms with Gasteiger partial charge in [0.05, 0.1) is 6.54 Å². The smallest absolute Gasteiger partial charge is 0.316 e. The lowest BCUT2D eigenvalue weighted by molar-refractivity contribution is 0.536. The number of aromatic nitrogens is 3. The molecular formula is C23H25N3O3. The molecule has 1 aliphatic rings. The number of rotatable bonds is 6. The van der Waals surface area contributed by atoms with Crippen LogP contribution in [0.1, 0.15) is 43.6 Å². The molecule has 6 nitrogen and oxygen atoms in total. The Balaban J connectivity index is 1.52. The third-order valence-corrected chi connectivity index (χ3v) is 5.42. The second kappa shape index (κ2) is 8.47. The van der Waals surface area contributed by atoms with Gasteiger partial charge in [0.2, 0.25) is 5.89 Å². The molecular weight excluding hydrogens is 366 g/mol. The molecule has 0 unspecified atom stereocenters. The zero-order valence-corrected chi connectivity index (χ0v) is 16.6. The van der Waals surface area contributed by atoms with Gasteiger partial charge in [0.15, 0.2) is 0 Å². The van der Waals surface area contributed by atoms with Gasteiger partial charge in [-0.2, -0.15) is 0 Å². The fourth-order valence-corrected chi connectivity index (χ4v) is 3.68. The topological polar surface area (TPSA) is 70.0 Å². The summed E-state index contributed by atoms with van der Waals surface area (Å²) in [5.74, 6) is 1.16. The molecule has 0 fully saturated rings. The lowest BCUT2D eigenvalue weighted by Gasteiger charge is -2.13. The van der Waals surface area contributed by atoms with Gasteiger partial charge in [-0.25, -0.2) is 4.98 Å². The predicted octanol–water partition coefficient (Wildman–Crippen LogP) is 3.91. The Morgan fingerprint density at radius 2 is 1.79 bits per heavy atom. The number of hydrogen-bond acceptors (Lipinski definition) is 4. The molecule has 1 aliphatic carbocycles. The van der Waals surface area contributed by atoms with Gasteiger partial charge in [-0.3, -0.25) is 9.59 Å². The van der Waals surface area contributed by atoms with Crippen LogP contribution >= 0.6 is 0 Å². The summed E-state index contributed by atoms with van der Waals surface area (Å²) in [6, 6.07) is 9.61. The quantitative estimate of drug-likeness (QED) is 0.472. The minimum absolute atomic E-state index is 0.211. The van der Waals surface area contributed by atoms with Crippen LogP contribution in [0.3, 0.4) is 0 Å². The van der Waals surface area contributed by atoms with Crippen molar-refractivity contribution in [2.45, 2.75) is 52.1 Å². The summed E-state index contributed by atoms with van der Waals surface area (Å²) in [5, 5.41) is 0. The van der Waals surface area contributed by atoms with Crippen LogP contribution in [-0.4, -0.2) is 14.1 Å². The summed E-state index contributed by atoms with van der Waals surface area (Å²) in [6.07, 6.45) is 11.1. The normalized spacial score (nSPS) is 14.0. The highest BCUT2D eigenvalue weighted by Crippen LogP contribution is 2.22. The summed E-state index contributed by atoms with van der Waals surface area (Å²) in [7, 11) is 0. The molecule has 2 aromatic heterocycles. The van der Waals surface area contributed by atoms with E-state index in [1.54, 1.807) is 12.4 Å². The Hall–Kier alpha value is -3.15. The zero-order valence-electron chi connectivity index (χ0n) is 16.6. The number of nitrogens with zero attached hydrogens (tertiary/aromatic N) is 3. The Morgan fingerprint density at radius 1 is 1.03 bits per heavy atom. The van der Waals surface area contributed by atoms with E-state index in [1.807, 2.05) is 37.3 Å². The second-order valence-corrected chi connectivity index (χ2v) is 7.48. The molecule has 29 heavy (non-hydrogen) atoms. The fourth-order valence-electron chi connectivity index (χ4n) is 3.68. The molecule has 0 amide bonds. The number of allylic oxidation sites excluding steroid dienone is 2. The van der Waals surface area contributed by atoms with E-state index in [4.69, 9.17) is 4.42 Å². The van der Waals surface area contributed by atoms with Gasteiger partial charge >= 0.3 is 11.1 Å². The molecule has 3 aromatic rings. The molecule has 4 rings (SSSR count). The standard InChI is InChI=1S/C23H25N3O3/c1-17-20(24-21(29-17)19-10-6-3-7-11-19)16-26-15-14-25(22(27)23(26)28)13-12-18-8-4-2-5-9-18/h3,6-8,10-11,14-15H,2,4-5,9,12-13,16H2,1H3. The van der Waals surface area contributed by atoms with Crippen molar-refractivity contribution in [2.24, 2.45) is 0 Å². The third-order valence-electron chi connectivity index (χ3n) is 5.42. The molecule has 6 heteroatoms. The molecule has 0 radical (unpaired) electrons. The van der Waals surface area contributed by atoms with E-state index in [0.717, 1.165) is 24.8 Å². The molecule has 0 N–H and O–H groups in total. The van der Waals surface area contributed by atoms with Crippen LogP contribution in [0.5, 0.6) is 0 Å². The van der Waals surface area contributed by atoms with Crippen molar-refractivity contribution in [3.63, 3.8) is 0 Å². The van der Waals surface area contributed by atoms with Crippen LogP contribution in [0.4, 0.5) is 0 Å². The molecule has 150 valence electrons. The first-order valence-electron chi connectivity index (χ1n) is 10.1. The first-order chi connectivity index (χ1) is 14.1. The molecule has 2 heterocycles. The van der Waals surface area contributed by atoms with Gasteiger partial charge in [-0.15, -0.1) is 0 Å². The Labute approximate surface area is 169 Å². The van der Waals surface area contributed by atoms with Crippen molar-refractivity contribution in [2.75, 3.05) is 0 Å². The van der Waals surface area contributed by atoms with E-state index in [9.17, 15) is 9.59 Å². The van der Waals surface area contributed by atoms with Crippen LogP contribution in [-0.2, 0) is 13.1 Å². The summed E-state index contributed by atoms with van der Waals surface area (Å²) in [5.41, 5.74) is 1.89. The van der Waals surface area contributed by atoms with E-state index in [2.05, 4.69) is 11.1 Å². The monoisotopic (exact) mass is 391 g/mol. The van der Waals surface area contributed by atoms with Crippen LogP contribution < -0.4 is 11.1 Å². The van der Waals surface area contributed by atoms with Gasteiger partial charge < -0.3 is 13.6 Å². The molecule has 0 bridgehead atoms. The van der Waals surface area contributed by atoms with Crippen LogP contribution in [0.15, 0.2) is 68.4 Å². The summed E-state index contributed by atoms with van der Waals surface area (Å²) < 4.78 is 8.67. The molecule has 0 saturated heterocycles.